The van der Waals surface area contributed by atoms with Crippen LogP contribution in [0.15, 0.2) is 24.4 Å². The van der Waals surface area contributed by atoms with Gasteiger partial charge in [0, 0.05) is 19.3 Å². The van der Waals surface area contributed by atoms with Crippen molar-refractivity contribution in [1.29, 1.82) is 0 Å². The number of carbonyl (C=O) groups excluding carboxylic acids is 1. The average molecular weight is 294 g/mol. The van der Waals surface area contributed by atoms with E-state index < -0.39 is 0 Å². The first-order valence-corrected chi connectivity index (χ1v) is 6.95. The molecule has 1 aromatic rings. The molecule has 0 aromatic carbocycles. The largest absolute Gasteiger partial charge is 0.394 e. The number of hydrazine groups is 1. The van der Waals surface area contributed by atoms with E-state index in [0.29, 0.717) is 18.9 Å². The SMILES string of the molecule is CC1(C)CN(CC(=O)NNc2ccccn2)CC(CO)O1. The number of hydrogen-bond acceptors (Lipinski definition) is 6. The molecular formula is C14H22N4O3. The highest BCUT2D eigenvalue weighted by Gasteiger charge is 2.33. The lowest BCUT2D eigenvalue weighted by molar-refractivity contribution is -0.153. The molecule has 21 heavy (non-hydrogen) atoms. The summed E-state index contributed by atoms with van der Waals surface area (Å²) in [6, 6.07) is 5.40. The molecule has 2 heterocycles. The minimum atomic E-state index is -0.375. The van der Waals surface area contributed by atoms with Crippen molar-refractivity contribution in [2.75, 3.05) is 31.7 Å². The molecule has 0 saturated carbocycles. The normalized spacial score (nSPS) is 21.8. The number of amides is 1. The van der Waals surface area contributed by atoms with Gasteiger partial charge >= 0.3 is 0 Å². The second kappa shape index (κ2) is 6.84. The monoisotopic (exact) mass is 294 g/mol. The first-order chi connectivity index (χ1) is 9.98. The van der Waals surface area contributed by atoms with Crippen molar-refractivity contribution >= 4 is 11.7 Å². The summed E-state index contributed by atoms with van der Waals surface area (Å²) in [4.78, 5) is 18.0. The topological polar surface area (TPSA) is 86.7 Å². The third kappa shape index (κ3) is 4.96. The standard InChI is InChI=1S/C14H22N4O3/c1-14(2)10-18(7-11(9-19)21-14)8-13(20)17-16-12-5-3-4-6-15-12/h3-6,11,19H,7-10H2,1-2H3,(H,15,16)(H,17,20). The number of carbonyl (C=O) groups is 1. The maximum absolute atomic E-state index is 11.9. The van der Waals surface area contributed by atoms with Crippen molar-refractivity contribution in [2.24, 2.45) is 0 Å². The number of aliphatic hydroxyl groups excluding tert-OH is 1. The van der Waals surface area contributed by atoms with Crippen molar-refractivity contribution in [3.8, 4) is 0 Å². The highest BCUT2D eigenvalue weighted by Crippen LogP contribution is 2.20. The molecule has 1 aliphatic heterocycles. The molecule has 0 bridgehead atoms. The van der Waals surface area contributed by atoms with Gasteiger partial charge in [-0.1, -0.05) is 6.07 Å². The minimum absolute atomic E-state index is 0.0479. The van der Waals surface area contributed by atoms with Crippen molar-refractivity contribution in [3.05, 3.63) is 24.4 Å². The van der Waals surface area contributed by atoms with Crippen LogP contribution in [0.1, 0.15) is 13.8 Å². The summed E-state index contributed by atoms with van der Waals surface area (Å²) in [6.07, 6.45) is 1.38. The number of rotatable bonds is 5. The van der Waals surface area contributed by atoms with Crippen LogP contribution in [0.25, 0.3) is 0 Å². The minimum Gasteiger partial charge on any atom is -0.394 e. The lowest BCUT2D eigenvalue weighted by Crippen LogP contribution is -2.56. The van der Waals surface area contributed by atoms with E-state index in [4.69, 9.17) is 4.74 Å². The number of hydrogen-bond donors (Lipinski definition) is 3. The van der Waals surface area contributed by atoms with Crippen LogP contribution in [-0.4, -0.2) is 58.8 Å². The molecule has 7 nitrogen and oxygen atoms in total. The highest BCUT2D eigenvalue weighted by atomic mass is 16.5. The molecular weight excluding hydrogens is 272 g/mol. The predicted octanol–water partition coefficient (Wildman–Crippen LogP) is -0.00360. The Hall–Kier alpha value is -1.70. The van der Waals surface area contributed by atoms with Gasteiger partial charge in [0.05, 0.1) is 24.9 Å². The van der Waals surface area contributed by atoms with E-state index in [-0.39, 0.29) is 30.8 Å². The van der Waals surface area contributed by atoms with Gasteiger partial charge in [-0.05, 0) is 26.0 Å². The Kier molecular flexibility index (Phi) is 5.11. The van der Waals surface area contributed by atoms with Gasteiger partial charge < -0.3 is 9.84 Å². The zero-order valence-electron chi connectivity index (χ0n) is 12.4. The van der Waals surface area contributed by atoms with Gasteiger partial charge in [0.2, 0.25) is 0 Å². The molecule has 0 aliphatic carbocycles. The van der Waals surface area contributed by atoms with Gasteiger partial charge in [-0.25, -0.2) is 4.98 Å². The molecule has 1 fully saturated rings. The number of nitrogens with zero attached hydrogens (tertiary/aromatic N) is 2. The lowest BCUT2D eigenvalue weighted by Gasteiger charge is -2.41. The third-order valence-corrected chi connectivity index (χ3v) is 3.12. The zero-order chi connectivity index (χ0) is 15.3. The van der Waals surface area contributed by atoms with E-state index in [0.717, 1.165) is 0 Å². The smallest absolute Gasteiger partial charge is 0.252 e. The molecule has 116 valence electrons. The van der Waals surface area contributed by atoms with Crippen LogP contribution in [0, 0.1) is 0 Å². The van der Waals surface area contributed by atoms with E-state index in [1.807, 2.05) is 24.8 Å². The summed E-state index contributed by atoms with van der Waals surface area (Å²) >= 11 is 0. The Morgan fingerprint density at radius 1 is 1.57 bits per heavy atom. The lowest BCUT2D eigenvalue weighted by atomic mass is 10.1. The summed E-state index contributed by atoms with van der Waals surface area (Å²) < 4.78 is 5.72. The van der Waals surface area contributed by atoms with Crippen molar-refractivity contribution in [1.82, 2.24) is 15.3 Å². The molecule has 0 radical (unpaired) electrons. The molecule has 1 amide bonds. The summed E-state index contributed by atoms with van der Waals surface area (Å²) in [5.74, 6) is 0.427. The number of ether oxygens (including phenoxy) is 1. The van der Waals surface area contributed by atoms with Crippen molar-refractivity contribution < 1.29 is 14.6 Å². The first kappa shape index (κ1) is 15.7. The number of aromatic nitrogens is 1. The highest BCUT2D eigenvalue weighted by molar-refractivity contribution is 5.79. The van der Waals surface area contributed by atoms with E-state index in [1.165, 1.54) is 0 Å². The molecule has 3 N–H and O–H groups in total. The fraction of sp³-hybridized carbons (Fsp3) is 0.571. The van der Waals surface area contributed by atoms with Gasteiger partial charge in [-0.3, -0.25) is 20.5 Å². The second-order valence-electron chi connectivity index (χ2n) is 5.74. The number of pyridine rings is 1. The number of anilines is 1. The molecule has 7 heteroatoms. The van der Waals surface area contributed by atoms with Crippen LogP contribution < -0.4 is 10.9 Å². The van der Waals surface area contributed by atoms with E-state index >= 15 is 0 Å². The fourth-order valence-corrected chi connectivity index (χ4v) is 2.45. The number of morpholine rings is 1. The van der Waals surface area contributed by atoms with E-state index in [2.05, 4.69) is 15.8 Å². The van der Waals surface area contributed by atoms with Crippen LogP contribution in [-0.2, 0) is 9.53 Å². The van der Waals surface area contributed by atoms with Crippen molar-refractivity contribution in [2.45, 2.75) is 25.6 Å². The van der Waals surface area contributed by atoms with Crippen LogP contribution in [0.3, 0.4) is 0 Å². The van der Waals surface area contributed by atoms with Gasteiger partial charge in [-0.2, -0.15) is 0 Å². The molecule has 1 atom stereocenters. The number of nitrogens with one attached hydrogen (secondary N) is 2. The first-order valence-electron chi connectivity index (χ1n) is 6.95. The summed E-state index contributed by atoms with van der Waals surface area (Å²) in [5, 5.41) is 9.25. The van der Waals surface area contributed by atoms with Gasteiger partial charge in [0.15, 0.2) is 0 Å². The molecule has 1 saturated heterocycles. The Labute approximate surface area is 124 Å². The van der Waals surface area contributed by atoms with Gasteiger partial charge in [-0.15, -0.1) is 0 Å². The quantitative estimate of drug-likeness (QED) is 0.663. The summed E-state index contributed by atoms with van der Waals surface area (Å²) in [5.41, 5.74) is 5.00. The second-order valence-corrected chi connectivity index (χ2v) is 5.74. The maximum atomic E-state index is 11.9. The Balaban J connectivity index is 1.81. The van der Waals surface area contributed by atoms with Crippen LogP contribution >= 0.6 is 0 Å². The summed E-state index contributed by atoms with van der Waals surface area (Å²) in [7, 11) is 0. The van der Waals surface area contributed by atoms with Gasteiger partial charge in [0.1, 0.15) is 5.82 Å². The molecule has 2 rings (SSSR count). The maximum Gasteiger partial charge on any atom is 0.252 e. The third-order valence-electron chi connectivity index (χ3n) is 3.12. The summed E-state index contributed by atoms with van der Waals surface area (Å²) in [6.45, 7) is 5.27. The molecule has 1 aliphatic rings. The fourth-order valence-electron chi connectivity index (χ4n) is 2.45. The van der Waals surface area contributed by atoms with Crippen molar-refractivity contribution in [3.63, 3.8) is 0 Å². The van der Waals surface area contributed by atoms with Crippen LogP contribution in [0.5, 0.6) is 0 Å². The van der Waals surface area contributed by atoms with E-state index in [1.54, 1.807) is 18.3 Å². The van der Waals surface area contributed by atoms with Crippen LogP contribution in [0.4, 0.5) is 5.82 Å². The Morgan fingerprint density at radius 2 is 2.38 bits per heavy atom. The Bertz CT molecular complexity index is 467. The molecule has 1 aromatic heterocycles. The molecule has 1 unspecified atom stereocenters. The number of aliphatic hydroxyl groups is 1. The predicted molar refractivity (Wildman–Crippen MR) is 78.5 cm³/mol. The molecule has 0 spiro atoms. The Morgan fingerprint density at radius 3 is 3.05 bits per heavy atom. The average Bonchev–Trinajstić information content (AvgIpc) is 2.44. The zero-order valence-corrected chi connectivity index (χ0v) is 12.4. The van der Waals surface area contributed by atoms with Crippen LogP contribution in [0.2, 0.25) is 0 Å². The van der Waals surface area contributed by atoms with E-state index in [9.17, 15) is 9.90 Å². The van der Waals surface area contributed by atoms with Gasteiger partial charge in [0.25, 0.3) is 5.91 Å².